The normalized spacial score (nSPS) is 12.8. The van der Waals surface area contributed by atoms with Gasteiger partial charge in [0.15, 0.2) is 0 Å². The predicted molar refractivity (Wildman–Crippen MR) is 78.3 cm³/mol. The molecule has 0 aliphatic heterocycles. The summed E-state index contributed by atoms with van der Waals surface area (Å²) in [6.07, 6.45) is 13.6. The van der Waals surface area contributed by atoms with E-state index in [1.165, 1.54) is 51.4 Å². The van der Waals surface area contributed by atoms with Crippen LogP contribution in [-0.4, -0.2) is 15.0 Å². The molecule has 1 heterocycles. The standard InChI is InChI=1S/C14H29N5/c1-3-4-5-6-7-8-9-10-11-13(16-15)14-12-19(2)18-17-14/h12-13,16H,3-11,15H2,1-2H3. The third kappa shape index (κ3) is 6.68. The summed E-state index contributed by atoms with van der Waals surface area (Å²) in [5.41, 5.74) is 3.77. The second-order valence-electron chi connectivity index (χ2n) is 5.30. The molecule has 1 atom stereocenters. The maximum atomic E-state index is 5.58. The van der Waals surface area contributed by atoms with Crippen molar-refractivity contribution in [2.24, 2.45) is 12.9 Å². The number of hydrazine groups is 1. The number of nitrogens with zero attached hydrogens (tertiary/aromatic N) is 3. The first-order valence-corrected chi connectivity index (χ1v) is 7.60. The summed E-state index contributed by atoms with van der Waals surface area (Å²) in [4.78, 5) is 0. The monoisotopic (exact) mass is 267 g/mol. The first kappa shape index (κ1) is 16.1. The van der Waals surface area contributed by atoms with Crippen LogP contribution in [0.5, 0.6) is 0 Å². The van der Waals surface area contributed by atoms with Gasteiger partial charge in [0.1, 0.15) is 5.69 Å². The van der Waals surface area contributed by atoms with E-state index in [1.54, 1.807) is 4.68 Å². The van der Waals surface area contributed by atoms with Crippen molar-refractivity contribution >= 4 is 0 Å². The average Bonchev–Trinajstić information content (AvgIpc) is 2.83. The minimum absolute atomic E-state index is 0.133. The lowest BCUT2D eigenvalue weighted by molar-refractivity contribution is 0.466. The van der Waals surface area contributed by atoms with Gasteiger partial charge in [0.05, 0.1) is 6.04 Å². The van der Waals surface area contributed by atoms with E-state index < -0.39 is 0 Å². The van der Waals surface area contributed by atoms with Crippen molar-refractivity contribution in [3.8, 4) is 0 Å². The molecule has 0 aliphatic carbocycles. The average molecular weight is 267 g/mol. The summed E-state index contributed by atoms with van der Waals surface area (Å²) in [6.45, 7) is 2.26. The number of rotatable bonds is 11. The van der Waals surface area contributed by atoms with Crippen LogP contribution in [0.15, 0.2) is 6.20 Å². The maximum absolute atomic E-state index is 5.58. The van der Waals surface area contributed by atoms with Crippen LogP contribution in [0.3, 0.4) is 0 Å². The van der Waals surface area contributed by atoms with Crippen LogP contribution in [0.2, 0.25) is 0 Å². The van der Waals surface area contributed by atoms with Gasteiger partial charge in [-0.15, -0.1) is 5.10 Å². The number of hydrogen-bond donors (Lipinski definition) is 2. The molecule has 0 amide bonds. The lowest BCUT2D eigenvalue weighted by atomic mass is 10.0. The number of unbranched alkanes of at least 4 members (excludes halogenated alkanes) is 7. The first-order valence-electron chi connectivity index (χ1n) is 7.60. The van der Waals surface area contributed by atoms with Gasteiger partial charge < -0.3 is 0 Å². The Morgan fingerprint density at radius 2 is 1.79 bits per heavy atom. The van der Waals surface area contributed by atoms with Gasteiger partial charge in [0.25, 0.3) is 0 Å². The molecule has 5 heteroatoms. The zero-order chi connectivity index (χ0) is 13.9. The van der Waals surface area contributed by atoms with E-state index in [9.17, 15) is 0 Å². The highest BCUT2D eigenvalue weighted by Crippen LogP contribution is 2.17. The molecule has 0 fully saturated rings. The van der Waals surface area contributed by atoms with E-state index in [4.69, 9.17) is 5.84 Å². The highest BCUT2D eigenvalue weighted by atomic mass is 15.4. The van der Waals surface area contributed by atoms with Crippen LogP contribution < -0.4 is 11.3 Å². The summed E-state index contributed by atoms with van der Waals surface area (Å²) in [5.74, 6) is 5.58. The number of hydrogen-bond acceptors (Lipinski definition) is 4. The Labute approximate surface area is 116 Å². The van der Waals surface area contributed by atoms with Crippen molar-refractivity contribution in [1.82, 2.24) is 20.4 Å². The molecule has 110 valence electrons. The van der Waals surface area contributed by atoms with Crippen LogP contribution in [0.4, 0.5) is 0 Å². The molecule has 1 aromatic rings. The molecule has 0 radical (unpaired) electrons. The summed E-state index contributed by atoms with van der Waals surface area (Å²) < 4.78 is 1.72. The largest absolute Gasteiger partial charge is 0.271 e. The van der Waals surface area contributed by atoms with E-state index in [-0.39, 0.29) is 6.04 Å². The topological polar surface area (TPSA) is 68.8 Å². The molecule has 0 aliphatic rings. The van der Waals surface area contributed by atoms with Crippen LogP contribution in [0.25, 0.3) is 0 Å². The smallest absolute Gasteiger partial charge is 0.101 e. The van der Waals surface area contributed by atoms with E-state index in [0.29, 0.717) is 0 Å². The third-order valence-corrected chi connectivity index (χ3v) is 3.52. The molecule has 1 aromatic heterocycles. The van der Waals surface area contributed by atoms with Gasteiger partial charge in [-0.05, 0) is 6.42 Å². The molecule has 1 rings (SSSR count). The molecule has 19 heavy (non-hydrogen) atoms. The van der Waals surface area contributed by atoms with Crippen molar-refractivity contribution in [3.05, 3.63) is 11.9 Å². The zero-order valence-corrected chi connectivity index (χ0v) is 12.4. The summed E-state index contributed by atoms with van der Waals surface area (Å²) >= 11 is 0. The van der Waals surface area contributed by atoms with Gasteiger partial charge in [-0.25, -0.2) is 0 Å². The van der Waals surface area contributed by atoms with Gasteiger partial charge >= 0.3 is 0 Å². The van der Waals surface area contributed by atoms with E-state index in [2.05, 4.69) is 22.7 Å². The highest BCUT2D eigenvalue weighted by molar-refractivity contribution is 4.99. The Hall–Kier alpha value is -0.940. The molecule has 0 saturated carbocycles. The summed E-state index contributed by atoms with van der Waals surface area (Å²) in [7, 11) is 1.88. The SMILES string of the molecule is CCCCCCCCCCC(NN)c1cn(C)nn1. The van der Waals surface area contributed by atoms with Crippen molar-refractivity contribution in [1.29, 1.82) is 0 Å². The molecule has 0 saturated heterocycles. The summed E-state index contributed by atoms with van der Waals surface area (Å²) in [6, 6.07) is 0.133. The Morgan fingerprint density at radius 3 is 2.32 bits per heavy atom. The lowest BCUT2D eigenvalue weighted by Gasteiger charge is -2.12. The van der Waals surface area contributed by atoms with Crippen molar-refractivity contribution in [2.45, 2.75) is 70.8 Å². The highest BCUT2D eigenvalue weighted by Gasteiger charge is 2.12. The van der Waals surface area contributed by atoms with Gasteiger partial charge in [-0.1, -0.05) is 63.5 Å². The van der Waals surface area contributed by atoms with Gasteiger partial charge in [0.2, 0.25) is 0 Å². The van der Waals surface area contributed by atoms with Crippen molar-refractivity contribution in [2.75, 3.05) is 0 Å². The van der Waals surface area contributed by atoms with E-state index >= 15 is 0 Å². The van der Waals surface area contributed by atoms with Gasteiger partial charge in [-0.2, -0.15) is 0 Å². The molecule has 0 aromatic carbocycles. The number of nitrogens with two attached hydrogens (primary N) is 1. The fourth-order valence-electron chi connectivity index (χ4n) is 2.32. The van der Waals surface area contributed by atoms with E-state index in [1.807, 2.05) is 13.2 Å². The van der Waals surface area contributed by atoms with E-state index in [0.717, 1.165) is 12.1 Å². The molecular weight excluding hydrogens is 238 g/mol. The minimum atomic E-state index is 0.133. The van der Waals surface area contributed by atoms with Crippen molar-refractivity contribution in [3.63, 3.8) is 0 Å². The number of nitrogens with one attached hydrogen (secondary N) is 1. The second-order valence-corrected chi connectivity index (χ2v) is 5.30. The Bertz CT molecular complexity index is 323. The fourth-order valence-corrected chi connectivity index (χ4v) is 2.32. The number of aryl methyl sites for hydroxylation is 1. The minimum Gasteiger partial charge on any atom is -0.271 e. The molecular formula is C14H29N5. The van der Waals surface area contributed by atoms with Crippen LogP contribution >= 0.6 is 0 Å². The summed E-state index contributed by atoms with van der Waals surface area (Å²) in [5, 5.41) is 8.05. The van der Waals surface area contributed by atoms with Crippen LogP contribution in [-0.2, 0) is 7.05 Å². The van der Waals surface area contributed by atoms with Gasteiger partial charge in [0, 0.05) is 13.2 Å². The molecule has 5 nitrogen and oxygen atoms in total. The predicted octanol–water partition coefficient (Wildman–Crippen LogP) is 2.85. The number of aromatic nitrogens is 3. The third-order valence-electron chi connectivity index (χ3n) is 3.52. The molecule has 0 bridgehead atoms. The molecule has 1 unspecified atom stereocenters. The quantitative estimate of drug-likeness (QED) is 0.367. The molecule has 0 spiro atoms. The van der Waals surface area contributed by atoms with Crippen LogP contribution in [0.1, 0.15) is 76.4 Å². The first-order chi connectivity index (χ1) is 9.27. The fraction of sp³-hybridized carbons (Fsp3) is 0.857. The lowest BCUT2D eigenvalue weighted by Crippen LogP contribution is -2.28. The maximum Gasteiger partial charge on any atom is 0.101 e. The van der Waals surface area contributed by atoms with Gasteiger partial charge in [-0.3, -0.25) is 16.0 Å². The molecule has 3 N–H and O–H groups in total. The second kappa shape index (κ2) is 9.92. The van der Waals surface area contributed by atoms with Crippen LogP contribution in [0, 0.1) is 0 Å². The van der Waals surface area contributed by atoms with Crippen molar-refractivity contribution < 1.29 is 0 Å². The Kier molecular flexibility index (Phi) is 8.41. The Morgan fingerprint density at radius 1 is 1.16 bits per heavy atom. The zero-order valence-electron chi connectivity index (χ0n) is 12.4. The Balaban J connectivity index is 2.07.